The predicted octanol–water partition coefficient (Wildman–Crippen LogP) is 4.11. The summed E-state index contributed by atoms with van der Waals surface area (Å²) in [6.45, 7) is 2.16. The first-order valence-corrected chi connectivity index (χ1v) is 7.10. The van der Waals surface area contributed by atoms with Gasteiger partial charge in [0.15, 0.2) is 0 Å². The van der Waals surface area contributed by atoms with Crippen molar-refractivity contribution in [1.29, 1.82) is 0 Å². The van der Waals surface area contributed by atoms with Crippen LogP contribution in [0.1, 0.15) is 50.5 Å². The highest BCUT2D eigenvalue weighted by atomic mass is 16.6. The van der Waals surface area contributed by atoms with Crippen molar-refractivity contribution in [1.82, 2.24) is 0 Å². The third kappa shape index (κ3) is 3.15. The molecule has 108 valence electrons. The lowest BCUT2D eigenvalue weighted by atomic mass is 9.75. The molecule has 1 unspecified atom stereocenters. The van der Waals surface area contributed by atoms with E-state index in [9.17, 15) is 15.3 Å². The molecule has 5 heteroatoms. The van der Waals surface area contributed by atoms with Gasteiger partial charge in [-0.25, -0.2) is 0 Å². The smallest absolute Gasteiger partial charge is 0.269 e. The van der Waals surface area contributed by atoms with E-state index in [2.05, 4.69) is 12.1 Å². The van der Waals surface area contributed by atoms with Gasteiger partial charge in [0, 0.05) is 18.1 Å². The third-order valence-corrected chi connectivity index (χ3v) is 4.09. The summed E-state index contributed by atoms with van der Waals surface area (Å²) in [6, 6.07) is 6.68. The molecule has 1 aromatic carbocycles. The molecule has 0 aromatic heterocycles. The second kappa shape index (κ2) is 6.50. The average Bonchev–Trinajstić information content (AvgIpc) is 2.47. The van der Waals surface area contributed by atoms with Gasteiger partial charge in [-0.1, -0.05) is 37.1 Å². The van der Waals surface area contributed by atoms with Gasteiger partial charge in [-0.15, -0.1) is 0 Å². The number of hydrogen-bond donors (Lipinski definition) is 1. The minimum Gasteiger partial charge on any atom is -0.411 e. The summed E-state index contributed by atoms with van der Waals surface area (Å²) >= 11 is 0. The van der Waals surface area contributed by atoms with Crippen LogP contribution in [-0.4, -0.2) is 15.8 Å². The summed E-state index contributed by atoms with van der Waals surface area (Å²) in [4.78, 5) is 10.5. The Bertz CT molecular complexity index is 514. The number of rotatable bonds is 4. The fourth-order valence-electron chi connectivity index (χ4n) is 3.09. The highest BCUT2D eigenvalue weighted by molar-refractivity contribution is 5.91. The molecule has 1 saturated carbocycles. The molecule has 0 saturated heterocycles. The monoisotopic (exact) mass is 276 g/mol. The Morgan fingerprint density at radius 2 is 2.30 bits per heavy atom. The van der Waals surface area contributed by atoms with Crippen molar-refractivity contribution < 1.29 is 10.1 Å². The Balaban J connectivity index is 2.26. The first-order chi connectivity index (χ1) is 9.65. The number of benzene rings is 1. The molecule has 0 amide bonds. The van der Waals surface area contributed by atoms with Crippen LogP contribution in [0.15, 0.2) is 29.4 Å². The number of nitrogens with zero attached hydrogens (tertiary/aromatic N) is 2. The molecular weight excluding hydrogens is 256 g/mol. The Labute approximate surface area is 118 Å². The van der Waals surface area contributed by atoms with Gasteiger partial charge in [-0.3, -0.25) is 10.1 Å². The van der Waals surface area contributed by atoms with Crippen LogP contribution >= 0.6 is 0 Å². The second-order valence-electron chi connectivity index (χ2n) is 5.43. The normalized spacial score (nSPS) is 24.8. The van der Waals surface area contributed by atoms with Gasteiger partial charge in [-0.2, -0.15) is 0 Å². The van der Waals surface area contributed by atoms with Crippen molar-refractivity contribution in [3.63, 3.8) is 0 Å². The minimum absolute atomic E-state index is 0.00481. The van der Waals surface area contributed by atoms with Gasteiger partial charge in [0.05, 0.1) is 10.6 Å². The molecule has 1 aromatic rings. The number of nitro groups is 1. The standard InChI is InChI=1S/C15H20N2O3/c1-2-4-11-7-8-15(16-18)14(9-11)12-5-3-6-13(10-12)17(19)20/h3,5-6,10-11,14,18H,2,4,7-9H2,1H3/b16-15-/t11?,14-/m1/s1. The summed E-state index contributed by atoms with van der Waals surface area (Å²) < 4.78 is 0. The van der Waals surface area contributed by atoms with Crippen molar-refractivity contribution >= 4 is 11.4 Å². The maximum Gasteiger partial charge on any atom is 0.269 e. The zero-order chi connectivity index (χ0) is 14.5. The molecule has 1 aliphatic carbocycles. The molecular formula is C15H20N2O3. The van der Waals surface area contributed by atoms with Crippen molar-refractivity contribution in [3.8, 4) is 0 Å². The van der Waals surface area contributed by atoms with E-state index >= 15 is 0 Å². The molecule has 20 heavy (non-hydrogen) atoms. The molecule has 0 bridgehead atoms. The van der Waals surface area contributed by atoms with Crippen LogP contribution in [0, 0.1) is 16.0 Å². The van der Waals surface area contributed by atoms with E-state index in [0.29, 0.717) is 5.92 Å². The molecule has 0 spiro atoms. The fraction of sp³-hybridized carbons (Fsp3) is 0.533. The van der Waals surface area contributed by atoms with Crippen LogP contribution in [0.4, 0.5) is 5.69 Å². The van der Waals surface area contributed by atoms with Gasteiger partial charge < -0.3 is 5.21 Å². The topological polar surface area (TPSA) is 75.7 Å². The summed E-state index contributed by atoms with van der Waals surface area (Å²) in [6.07, 6.45) is 5.02. The van der Waals surface area contributed by atoms with E-state index < -0.39 is 0 Å². The fourth-order valence-corrected chi connectivity index (χ4v) is 3.09. The second-order valence-corrected chi connectivity index (χ2v) is 5.43. The SMILES string of the molecule is CCCC1CC/C(=N/O)[C@@H](c2cccc([N+](=O)[O-])c2)C1. The van der Waals surface area contributed by atoms with Gasteiger partial charge >= 0.3 is 0 Å². The van der Waals surface area contributed by atoms with Gasteiger partial charge in [0.2, 0.25) is 0 Å². The summed E-state index contributed by atoms with van der Waals surface area (Å²) in [7, 11) is 0. The maximum atomic E-state index is 10.9. The van der Waals surface area contributed by atoms with Crippen molar-refractivity contribution in [3.05, 3.63) is 39.9 Å². The lowest BCUT2D eigenvalue weighted by molar-refractivity contribution is -0.384. The van der Waals surface area contributed by atoms with Crippen molar-refractivity contribution in [2.24, 2.45) is 11.1 Å². The molecule has 2 rings (SSSR count). The summed E-state index contributed by atoms with van der Waals surface area (Å²) in [5, 5.41) is 23.5. The van der Waals surface area contributed by atoms with Crippen LogP contribution in [0.3, 0.4) is 0 Å². The van der Waals surface area contributed by atoms with E-state index in [1.807, 2.05) is 6.07 Å². The largest absolute Gasteiger partial charge is 0.411 e. The van der Waals surface area contributed by atoms with E-state index in [1.165, 1.54) is 6.07 Å². The van der Waals surface area contributed by atoms with E-state index in [1.54, 1.807) is 12.1 Å². The lowest BCUT2D eigenvalue weighted by Crippen LogP contribution is -2.23. The van der Waals surface area contributed by atoms with Gasteiger partial charge in [-0.05, 0) is 30.7 Å². The number of nitro benzene ring substituents is 1. The average molecular weight is 276 g/mol. The number of oxime groups is 1. The predicted molar refractivity (Wildman–Crippen MR) is 77.3 cm³/mol. The molecule has 1 N–H and O–H groups in total. The molecule has 0 heterocycles. The van der Waals surface area contributed by atoms with E-state index in [0.717, 1.165) is 43.4 Å². The van der Waals surface area contributed by atoms with Crippen LogP contribution in [0.25, 0.3) is 0 Å². The minimum atomic E-state index is -0.383. The molecule has 1 aliphatic rings. The summed E-state index contributed by atoms with van der Waals surface area (Å²) in [5.41, 5.74) is 1.73. The quantitative estimate of drug-likeness (QED) is 0.511. The van der Waals surface area contributed by atoms with Gasteiger partial charge in [0.25, 0.3) is 5.69 Å². The van der Waals surface area contributed by atoms with Crippen LogP contribution < -0.4 is 0 Å². The highest BCUT2D eigenvalue weighted by Gasteiger charge is 2.29. The Morgan fingerprint density at radius 1 is 1.50 bits per heavy atom. The Kier molecular flexibility index (Phi) is 4.71. The Hall–Kier alpha value is -1.91. The van der Waals surface area contributed by atoms with Crippen molar-refractivity contribution in [2.75, 3.05) is 0 Å². The zero-order valence-electron chi connectivity index (χ0n) is 11.7. The number of non-ortho nitro benzene ring substituents is 1. The van der Waals surface area contributed by atoms with Crippen molar-refractivity contribution in [2.45, 2.75) is 44.9 Å². The Morgan fingerprint density at radius 3 is 2.95 bits per heavy atom. The molecule has 1 fully saturated rings. The zero-order valence-corrected chi connectivity index (χ0v) is 11.7. The highest BCUT2D eigenvalue weighted by Crippen LogP contribution is 2.37. The van der Waals surface area contributed by atoms with E-state index in [4.69, 9.17) is 0 Å². The molecule has 0 aliphatic heterocycles. The molecule has 5 nitrogen and oxygen atoms in total. The number of hydrogen-bond acceptors (Lipinski definition) is 4. The van der Waals surface area contributed by atoms with Crippen LogP contribution in [-0.2, 0) is 0 Å². The maximum absolute atomic E-state index is 10.9. The van der Waals surface area contributed by atoms with Crippen LogP contribution in [0.2, 0.25) is 0 Å². The molecule has 0 radical (unpaired) electrons. The van der Waals surface area contributed by atoms with Gasteiger partial charge in [0.1, 0.15) is 0 Å². The van der Waals surface area contributed by atoms with Crippen LogP contribution in [0.5, 0.6) is 0 Å². The third-order valence-electron chi connectivity index (χ3n) is 4.09. The van der Waals surface area contributed by atoms with E-state index in [-0.39, 0.29) is 16.5 Å². The summed E-state index contributed by atoms with van der Waals surface area (Å²) in [5.74, 6) is 0.611. The first kappa shape index (κ1) is 14.5. The molecule has 2 atom stereocenters. The lowest BCUT2D eigenvalue weighted by Gasteiger charge is -2.30. The first-order valence-electron chi connectivity index (χ1n) is 7.10.